The van der Waals surface area contributed by atoms with E-state index in [0.717, 1.165) is 88.3 Å². The molecule has 0 atom stereocenters. The van der Waals surface area contributed by atoms with Gasteiger partial charge in [0.15, 0.2) is 0 Å². The number of benzene rings is 6. The summed E-state index contributed by atoms with van der Waals surface area (Å²) >= 11 is 0. The minimum absolute atomic E-state index is 0.302. The normalized spacial score (nSPS) is 13.1. The largest absolute Gasteiger partial charge is 0.455 e. The molecule has 2 aliphatic carbocycles. The van der Waals surface area contributed by atoms with Gasteiger partial charge in [-0.3, -0.25) is 0 Å². The van der Waals surface area contributed by atoms with Crippen molar-refractivity contribution in [3.05, 3.63) is 165 Å². The summed E-state index contributed by atoms with van der Waals surface area (Å²) in [5.41, 5.74) is 8.74. The Hall–Kier alpha value is -5.81. The SMILES string of the molecule is Cc1cc(F)cc(C2=c3cc4cc5c(cc4cc3-c3c2oc2ccccc32)=C(c2cc(F)cc(F)c2)c2oc3ccccc3c2-5)c1. The fourth-order valence-electron chi connectivity index (χ4n) is 7.55. The van der Waals surface area contributed by atoms with Crippen LogP contribution in [0.15, 0.2) is 118 Å². The second-order valence-corrected chi connectivity index (χ2v) is 12.2. The van der Waals surface area contributed by atoms with E-state index >= 15 is 0 Å². The molecule has 0 unspecified atom stereocenters. The number of hydrogen-bond donors (Lipinski definition) is 0. The number of halogens is 3. The minimum Gasteiger partial charge on any atom is -0.455 e. The lowest BCUT2D eigenvalue weighted by molar-refractivity contribution is 0.581. The third-order valence-corrected chi connectivity index (χ3v) is 9.32. The van der Waals surface area contributed by atoms with Crippen LogP contribution in [-0.2, 0) is 0 Å². The van der Waals surface area contributed by atoms with Crippen molar-refractivity contribution >= 4 is 43.9 Å². The quantitative estimate of drug-likeness (QED) is 0.197. The summed E-state index contributed by atoms with van der Waals surface area (Å²) in [4.78, 5) is 0. The maximum Gasteiger partial charge on any atom is 0.144 e. The molecule has 0 radical (unpaired) electrons. The molecular weight excluding hydrogens is 581 g/mol. The van der Waals surface area contributed by atoms with Crippen LogP contribution in [0.2, 0.25) is 0 Å². The maximum atomic E-state index is 14.8. The van der Waals surface area contributed by atoms with Gasteiger partial charge in [0.05, 0.1) is 0 Å². The number of aryl methyl sites for hydroxylation is 1. The molecular formula is C41H21F3O2. The molecule has 2 nitrogen and oxygen atoms in total. The van der Waals surface area contributed by atoms with Crippen molar-refractivity contribution in [2.45, 2.75) is 6.92 Å². The Labute approximate surface area is 259 Å². The van der Waals surface area contributed by atoms with E-state index in [-0.39, 0.29) is 5.82 Å². The lowest BCUT2D eigenvalue weighted by Crippen LogP contribution is -2.10. The van der Waals surface area contributed by atoms with Crippen LogP contribution in [0, 0.1) is 24.4 Å². The van der Waals surface area contributed by atoms with Crippen molar-refractivity contribution in [2.24, 2.45) is 0 Å². The first-order valence-electron chi connectivity index (χ1n) is 15.1. The standard InChI is InChI=1S/C41H21F3O2/c1-20-10-23(12-25(42)11-20)36-30-15-21-18-33-31(16-22(21)17-32(30)38-28-6-2-4-8-34(28)45-40(36)38)37(24-13-26(43)19-27(44)14-24)41-39(33)29-7-3-5-9-35(29)46-41/h2-19H,1H3. The van der Waals surface area contributed by atoms with Gasteiger partial charge in [0.1, 0.15) is 40.1 Å². The molecule has 46 heavy (non-hydrogen) atoms. The first-order valence-corrected chi connectivity index (χ1v) is 15.1. The minimum atomic E-state index is -0.651. The molecule has 0 bridgehead atoms. The first-order chi connectivity index (χ1) is 22.4. The number of rotatable bonds is 2. The fourth-order valence-corrected chi connectivity index (χ4v) is 7.55. The van der Waals surface area contributed by atoms with E-state index in [1.807, 2.05) is 61.5 Å². The van der Waals surface area contributed by atoms with Crippen molar-refractivity contribution < 1.29 is 22.0 Å². The van der Waals surface area contributed by atoms with E-state index in [1.54, 1.807) is 6.07 Å². The fraction of sp³-hybridized carbons (Fsp3) is 0.0244. The Morgan fingerprint density at radius 1 is 0.478 bits per heavy atom. The van der Waals surface area contributed by atoms with E-state index in [9.17, 15) is 13.2 Å². The molecule has 2 aromatic heterocycles. The van der Waals surface area contributed by atoms with Crippen LogP contribution in [0.5, 0.6) is 0 Å². The number of hydrogen-bond acceptors (Lipinski definition) is 2. The highest BCUT2D eigenvalue weighted by atomic mass is 19.1. The van der Waals surface area contributed by atoms with Crippen LogP contribution in [0.1, 0.15) is 28.2 Å². The van der Waals surface area contributed by atoms with Crippen LogP contribution in [0.3, 0.4) is 0 Å². The highest BCUT2D eigenvalue weighted by Gasteiger charge is 2.31. The molecule has 6 aromatic carbocycles. The first kappa shape index (κ1) is 25.5. The lowest BCUT2D eigenvalue weighted by atomic mass is 9.96. The molecule has 10 rings (SSSR count). The monoisotopic (exact) mass is 602 g/mol. The van der Waals surface area contributed by atoms with Gasteiger partial charge in [0.2, 0.25) is 0 Å². The summed E-state index contributed by atoms with van der Waals surface area (Å²) in [5.74, 6) is -0.294. The third kappa shape index (κ3) is 3.42. The van der Waals surface area contributed by atoms with Gasteiger partial charge in [-0.2, -0.15) is 0 Å². The molecule has 218 valence electrons. The molecule has 8 aromatic rings. The van der Waals surface area contributed by atoms with Crippen LogP contribution < -0.4 is 10.4 Å². The van der Waals surface area contributed by atoms with Gasteiger partial charge >= 0.3 is 0 Å². The van der Waals surface area contributed by atoms with Crippen LogP contribution >= 0.6 is 0 Å². The molecule has 0 N–H and O–H groups in total. The smallest absolute Gasteiger partial charge is 0.144 e. The Bertz CT molecular complexity index is 2570. The average molecular weight is 603 g/mol. The summed E-state index contributed by atoms with van der Waals surface area (Å²) in [6.07, 6.45) is 0. The van der Waals surface area contributed by atoms with Gasteiger partial charge in [0.25, 0.3) is 0 Å². The van der Waals surface area contributed by atoms with Gasteiger partial charge in [-0.15, -0.1) is 0 Å². The van der Waals surface area contributed by atoms with Crippen molar-refractivity contribution in [1.82, 2.24) is 0 Å². The van der Waals surface area contributed by atoms with Gasteiger partial charge in [-0.1, -0.05) is 42.5 Å². The summed E-state index contributed by atoms with van der Waals surface area (Å²) in [7, 11) is 0. The highest BCUT2D eigenvalue weighted by Crippen LogP contribution is 2.46. The highest BCUT2D eigenvalue weighted by molar-refractivity contribution is 6.11. The molecule has 0 spiro atoms. The van der Waals surface area contributed by atoms with Gasteiger partial charge < -0.3 is 8.83 Å². The van der Waals surface area contributed by atoms with Crippen LogP contribution in [0.4, 0.5) is 13.2 Å². The molecule has 0 aliphatic heterocycles. The molecule has 5 heteroatoms. The maximum absolute atomic E-state index is 14.8. The zero-order chi connectivity index (χ0) is 30.8. The third-order valence-electron chi connectivity index (χ3n) is 9.32. The zero-order valence-electron chi connectivity index (χ0n) is 24.3. The Balaban J connectivity index is 1.35. The van der Waals surface area contributed by atoms with Crippen LogP contribution in [-0.4, -0.2) is 0 Å². The summed E-state index contributed by atoms with van der Waals surface area (Å²) in [6.45, 7) is 1.89. The topological polar surface area (TPSA) is 26.3 Å². The molecule has 2 heterocycles. The van der Waals surface area contributed by atoms with Crippen molar-refractivity contribution in [2.75, 3.05) is 0 Å². The van der Waals surface area contributed by atoms with E-state index in [0.29, 0.717) is 22.5 Å². The van der Waals surface area contributed by atoms with Crippen LogP contribution in [0.25, 0.3) is 66.1 Å². The zero-order valence-corrected chi connectivity index (χ0v) is 24.3. The second kappa shape index (κ2) is 8.89. The number of para-hydroxylation sites is 2. The van der Waals surface area contributed by atoms with Gasteiger partial charge in [-0.05, 0) is 117 Å². The number of fused-ring (bicyclic) bond motifs is 11. The Kier molecular flexibility index (Phi) is 4.93. The second-order valence-electron chi connectivity index (χ2n) is 12.2. The van der Waals surface area contributed by atoms with Crippen molar-refractivity contribution in [3.63, 3.8) is 0 Å². The average Bonchev–Trinajstić information content (AvgIpc) is 3.74. The Morgan fingerprint density at radius 2 is 0.935 bits per heavy atom. The summed E-state index contributed by atoms with van der Waals surface area (Å²) in [6, 6.07) is 32.8. The predicted octanol–water partition coefficient (Wildman–Crippen LogP) is 9.51. The Morgan fingerprint density at radius 3 is 1.43 bits per heavy atom. The van der Waals surface area contributed by atoms with E-state index < -0.39 is 11.6 Å². The molecule has 0 saturated carbocycles. The van der Waals surface area contributed by atoms with Gasteiger partial charge in [0, 0.05) is 39.1 Å². The van der Waals surface area contributed by atoms with Crippen molar-refractivity contribution in [1.29, 1.82) is 0 Å². The van der Waals surface area contributed by atoms with E-state index in [1.165, 1.54) is 18.2 Å². The molecule has 0 saturated heterocycles. The lowest BCUT2D eigenvalue weighted by Gasteiger charge is -2.08. The summed E-state index contributed by atoms with van der Waals surface area (Å²) in [5, 5.41) is 5.64. The number of furan rings is 2. The van der Waals surface area contributed by atoms with Crippen molar-refractivity contribution in [3.8, 4) is 22.3 Å². The predicted molar refractivity (Wildman–Crippen MR) is 174 cm³/mol. The molecule has 0 fully saturated rings. The molecule has 2 aliphatic rings. The van der Waals surface area contributed by atoms with E-state index in [2.05, 4.69) is 24.3 Å². The summed E-state index contributed by atoms with van der Waals surface area (Å²) < 4.78 is 56.9. The van der Waals surface area contributed by atoms with E-state index in [4.69, 9.17) is 8.83 Å². The molecule has 0 amide bonds. The van der Waals surface area contributed by atoms with Gasteiger partial charge in [-0.25, -0.2) is 13.2 Å².